The summed E-state index contributed by atoms with van der Waals surface area (Å²) >= 11 is 0. The molecule has 0 spiro atoms. The molecule has 0 aliphatic heterocycles. The van der Waals surface area contributed by atoms with E-state index >= 15 is 0 Å². The molecule has 2 heteroatoms. The van der Waals surface area contributed by atoms with E-state index in [1.54, 1.807) is 0 Å². The zero-order valence-electron chi connectivity index (χ0n) is 7.21. The van der Waals surface area contributed by atoms with Gasteiger partial charge in [-0.25, -0.2) is 0 Å². The smallest absolute Gasteiger partial charge is 0.0219 e. The van der Waals surface area contributed by atoms with E-state index in [0.717, 1.165) is 13.0 Å². The van der Waals surface area contributed by atoms with E-state index in [-0.39, 0.29) is 12.4 Å². The second-order valence-electron chi connectivity index (χ2n) is 2.55. The molecule has 1 nitrogen and oxygen atoms in total. The lowest BCUT2D eigenvalue weighted by Crippen LogP contribution is -1.98. The molecule has 0 aliphatic carbocycles. The van der Waals surface area contributed by atoms with Gasteiger partial charge in [0.1, 0.15) is 0 Å². The quantitative estimate of drug-likeness (QED) is 0.663. The van der Waals surface area contributed by atoms with E-state index in [0.29, 0.717) is 0 Å². The molecule has 0 aliphatic rings. The van der Waals surface area contributed by atoms with Crippen LogP contribution in [0, 0.1) is 0 Å². The molecule has 0 amide bonds. The van der Waals surface area contributed by atoms with Crippen molar-refractivity contribution in [1.29, 1.82) is 0 Å². The third kappa shape index (κ3) is 2.58. The Morgan fingerprint density at radius 3 is 2.64 bits per heavy atom. The molecule has 0 N–H and O–H groups in total. The maximum absolute atomic E-state index is 2.32. The SMILES string of the molecule is CCCn1cccc1CC.Cl. The number of aryl methyl sites for hydroxylation is 2. The van der Waals surface area contributed by atoms with Gasteiger partial charge in [-0.05, 0) is 25.0 Å². The molecule has 0 aromatic carbocycles. The van der Waals surface area contributed by atoms with Crippen molar-refractivity contribution in [2.24, 2.45) is 0 Å². The molecule has 0 unspecified atom stereocenters. The van der Waals surface area contributed by atoms with Gasteiger partial charge in [0, 0.05) is 18.4 Å². The predicted octanol–water partition coefficient (Wildman–Crippen LogP) is 2.88. The van der Waals surface area contributed by atoms with Gasteiger partial charge in [0.15, 0.2) is 0 Å². The highest BCUT2D eigenvalue weighted by Gasteiger charge is 1.94. The first-order valence-corrected chi connectivity index (χ1v) is 4.02. The summed E-state index contributed by atoms with van der Waals surface area (Å²) in [6.07, 6.45) is 4.52. The van der Waals surface area contributed by atoms with Crippen molar-refractivity contribution in [1.82, 2.24) is 4.57 Å². The van der Waals surface area contributed by atoms with E-state index in [2.05, 4.69) is 36.7 Å². The third-order valence-electron chi connectivity index (χ3n) is 1.75. The molecule has 1 heterocycles. The Bertz CT molecular complexity index is 193. The van der Waals surface area contributed by atoms with Gasteiger partial charge in [-0.2, -0.15) is 0 Å². The normalized spacial score (nSPS) is 9.27. The van der Waals surface area contributed by atoms with Crippen LogP contribution in [0.2, 0.25) is 0 Å². The highest BCUT2D eigenvalue weighted by Crippen LogP contribution is 2.03. The molecule has 0 atom stereocenters. The van der Waals surface area contributed by atoms with E-state index in [9.17, 15) is 0 Å². The first-order chi connectivity index (χ1) is 4.88. The maximum atomic E-state index is 2.32. The van der Waals surface area contributed by atoms with Crippen molar-refractivity contribution in [3.05, 3.63) is 24.0 Å². The zero-order valence-corrected chi connectivity index (χ0v) is 8.03. The van der Waals surface area contributed by atoms with Crippen molar-refractivity contribution in [3.8, 4) is 0 Å². The summed E-state index contributed by atoms with van der Waals surface area (Å²) in [5.74, 6) is 0. The van der Waals surface area contributed by atoms with Crippen LogP contribution in [0.4, 0.5) is 0 Å². The van der Waals surface area contributed by atoms with Gasteiger partial charge in [0.2, 0.25) is 0 Å². The first-order valence-electron chi connectivity index (χ1n) is 4.02. The topological polar surface area (TPSA) is 4.93 Å². The average molecular weight is 174 g/mol. The molecule has 64 valence electrons. The summed E-state index contributed by atoms with van der Waals surface area (Å²) in [7, 11) is 0. The fraction of sp³-hybridized carbons (Fsp3) is 0.556. The van der Waals surface area contributed by atoms with E-state index in [1.807, 2.05) is 0 Å². The van der Waals surface area contributed by atoms with Crippen LogP contribution in [0.3, 0.4) is 0 Å². The Kier molecular flexibility index (Phi) is 5.05. The van der Waals surface area contributed by atoms with E-state index in [4.69, 9.17) is 0 Å². The molecule has 11 heavy (non-hydrogen) atoms. The highest BCUT2D eigenvalue weighted by atomic mass is 35.5. The molecule has 0 radical (unpaired) electrons. The third-order valence-corrected chi connectivity index (χ3v) is 1.75. The van der Waals surface area contributed by atoms with Gasteiger partial charge < -0.3 is 4.57 Å². The van der Waals surface area contributed by atoms with Crippen LogP contribution >= 0.6 is 12.4 Å². The van der Waals surface area contributed by atoms with Crippen LogP contribution in [0.1, 0.15) is 26.0 Å². The number of hydrogen-bond donors (Lipinski definition) is 0. The number of rotatable bonds is 3. The summed E-state index contributed by atoms with van der Waals surface area (Å²) in [5.41, 5.74) is 1.45. The molecular formula is C9H16ClN. The minimum absolute atomic E-state index is 0. The van der Waals surface area contributed by atoms with Gasteiger partial charge in [0.05, 0.1) is 0 Å². The van der Waals surface area contributed by atoms with Crippen molar-refractivity contribution >= 4 is 12.4 Å². The summed E-state index contributed by atoms with van der Waals surface area (Å²) in [4.78, 5) is 0. The van der Waals surface area contributed by atoms with Gasteiger partial charge in [-0.15, -0.1) is 12.4 Å². The van der Waals surface area contributed by atoms with Crippen LogP contribution in [0.5, 0.6) is 0 Å². The standard InChI is InChI=1S/C9H15N.ClH/c1-3-7-10-8-5-6-9(10)4-2;/h5-6,8H,3-4,7H2,1-2H3;1H. The molecule has 0 fully saturated rings. The number of halogens is 1. The van der Waals surface area contributed by atoms with Crippen LogP contribution in [0.15, 0.2) is 18.3 Å². The minimum Gasteiger partial charge on any atom is -0.351 e. The molecule has 0 saturated heterocycles. The Balaban J connectivity index is 0.000001000. The second-order valence-corrected chi connectivity index (χ2v) is 2.55. The molecule has 1 rings (SSSR count). The summed E-state index contributed by atoms with van der Waals surface area (Å²) in [6, 6.07) is 4.31. The van der Waals surface area contributed by atoms with Gasteiger partial charge in [0.25, 0.3) is 0 Å². The first kappa shape index (κ1) is 10.6. The number of aromatic nitrogens is 1. The van der Waals surface area contributed by atoms with Gasteiger partial charge >= 0.3 is 0 Å². The van der Waals surface area contributed by atoms with Gasteiger partial charge in [-0.3, -0.25) is 0 Å². The molecule has 0 bridgehead atoms. The maximum Gasteiger partial charge on any atom is 0.0219 e. The Labute approximate surface area is 74.8 Å². The summed E-state index contributed by atoms with van der Waals surface area (Å²) in [6.45, 7) is 5.57. The average Bonchev–Trinajstić information content (AvgIpc) is 2.36. The highest BCUT2D eigenvalue weighted by molar-refractivity contribution is 5.85. The lowest BCUT2D eigenvalue weighted by atomic mass is 10.3. The molecule has 1 aromatic rings. The summed E-state index contributed by atoms with van der Waals surface area (Å²) < 4.78 is 2.32. The predicted molar refractivity (Wildman–Crippen MR) is 51.3 cm³/mol. The van der Waals surface area contributed by atoms with Crippen molar-refractivity contribution in [2.75, 3.05) is 0 Å². The molecule has 1 aromatic heterocycles. The Hall–Kier alpha value is -0.430. The fourth-order valence-electron chi connectivity index (χ4n) is 1.23. The number of nitrogens with zero attached hydrogens (tertiary/aromatic N) is 1. The van der Waals surface area contributed by atoms with Crippen molar-refractivity contribution < 1.29 is 0 Å². The zero-order chi connectivity index (χ0) is 7.40. The van der Waals surface area contributed by atoms with Crippen LogP contribution in [-0.2, 0) is 13.0 Å². The minimum atomic E-state index is 0. The van der Waals surface area contributed by atoms with Crippen LogP contribution < -0.4 is 0 Å². The molecule has 0 saturated carbocycles. The number of hydrogen-bond acceptors (Lipinski definition) is 0. The van der Waals surface area contributed by atoms with E-state index < -0.39 is 0 Å². The fourth-order valence-corrected chi connectivity index (χ4v) is 1.23. The monoisotopic (exact) mass is 173 g/mol. The lowest BCUT2D eigenvalue weighted by molar-refractivity contribution is 0.653. The van der Waals surface area contributed by atoms with Crippen molar-refractivity contribution in [3.63, 3.8) is 0 Å². The largest absolute Gasteiger partial charge is 0.351 e. The second kappa shape index (κ2) is 5.25. The van der Waals surface area contributed by atoms with Crippen molar-refractivity contribution in [2.45, 2.75) is 33.2 Å². The summed E-state index contributed by atoms with van der Waals surface area (Å²) in [5, 5.41) is 0. The van der Waals surface area contributed by atoms with Crippen LogP contribution in [0.25, 0.3) is 0 Å². The molecular weight excluding hydrogens is 158 g/mol. The van der Waals surface area contributed by atoms with Crippen LogP contribution in [-0.4, -0.2) is 4.57 Å². The Morgan fingerprint density at radius 1 is 1.36 bits per heavy atom. The van der Waals surface area contributed by atoms with Gasteiger partial charge in [-0.1, -0.05) is 13.8 Å². The van der Waals surface area contributed by atoms with E-state index in [1.165, 1.54) is 12.1 Å². The Morgan fingerprint density at radius 2 is 2.09 bits per heavy atom. The lowest BCUT2D eigenvalue weighted by Gasteiger charge is -2.03.